The van der Waals surface area contributed by atoms with Crippen molar-refractivity contribution in [2.75, 3.05) is 23.7 Å². The van der Waals surface area contributed by atoms with Gasteiger partial charge in [0.2, 0.25) is 5.91 Å². The third-order valence-electron chi connectivity index (χ3n) is 3.90. The highest BCUT2D eigenvalue weighted by atomic mass is 35.5. The van der Waals surface area contributed by atoms with Gasteiger partial charge in [-0.2, -0.15) is 0 Å². The second kappa shape index (κ2) is 6.43. The summed E-state index contributed by atoms with van der Waals surface area (Å²) in [6, 6.07) is 6.27. The molecular weight excluding hydrogens is 276 g/mol. The molecule has 1 aromatic rings. The molecule has 2 aliphatic heterocycles. The Kier molecular flexibility index (Phi) is 4.86. The van der Waals surface area contributed by atoms with Gasteiger partial charge >= 0.3 is 0 Å². The molecule has 0 aliphatic carbocycles. The molecule has 0 saturated carbocycles. The molecule has 0 bridgehead atoms. The van der Waals surface area contributed by atoms with Crippen molar-refractivity contribution in [1.82, 2.24) is 10.9 Å². The number of hydrazine groups is 1. The normalized spacial score (nSPS) is 24.2. The van der Waals surface area contributed by atoms with Crippen LogP contribution in [0.15, 0.2) is 18.2 Å². The molecule has 1 aromatic carbocycles. The molecule has 1 saturated heterocycles. The number of anilines is 2. The molecule has 1 fully saturated rings. The van der Waals surface area contributed by atoms with E-state index in [9.17, 15) is 4.79 Å². The van der Waals surface area contributed by atoms with E-state index in [2.05, 4.69) is 33.6 Å². The largest absolute Gasteiger partial charge is 0.385 e. The molecule has 1 amide bonds. The number of aryl methyl sites for hydroxylation is 1. The van der Waals surface area contributed by atoms with Crippen molar-refractivity contribution >= 4 is 29.7 Å². The van der Waals surface area contributed by atoms with E-state index in [1.54, 1.807) is 0 Å². The number of carbonyl (C=O) groups is 1. The lowest BCUT2D eigenvalue weighted by Crippen LogP contribution is -2.33. The lowest BCUT2D eigenvalue weighted by molar-refractivity contribution is -0.119. The molecular formula is C14H21ClN4O. The SMILES string of the molecule is CC1NNCC1C(=O)Nc1ccc2c(c1)CCCN2.Cl. The predicted molar refractivity (Wildman–Crippen MR) is 83.2 cm³/mol. The van der Waals surface area contributed by atoms with Crippen LogP contribution in [-0.4, -0.2) is 25.0 Å². The summed E-state index contributed by atoms with van der Waals surface area (Å²) in [5, 5.41) is 6.39. The predicted octanol–water partition coefficient (Wildman–Crippen LogP) is 1.52. The van der Waals surface area contributed by atoms with Gasteiger partial charge in [-0.25, -0.2) is 0 Å². The van der Waals surface area contributed by atoms with Crippen LogP contribution in [0.3, 0.4) is 0 Å². The minimum absolute atomic E-state index is 0. The second-order valence-corrected chi connectivity index (χ2v) is 5.31. The van der Waals surface area contributed by atoms with Crippen molar-refractivity contribution in [3.63, 3.8) is 0 Å². The number of carbonyl (C=O) groups excluding carboxylic acids is 1. The first-order chi connectivity index (χ1) is 9.24. The zero-order valence-corrected chi connectivity index (χ0v) is 12.3. The van der Waals surface area contributed by atoms with Crippen molar-refractivity contribution < 1.29 is 4.79 Å². The van der Waals surface area contributed by atoms with Gasteiger partial charge in [-0.1, -0.05) is 0 Å². The van der Waals surface area contributed by atoms with Crippen LogP contribution in [0.1, 0.15) is 18.9 Å². The highest BCUT2D eigenvalue weighted by molar-refractivity contribution is 5.93. The van der Waals surface area contributed by atoms with Crippen LogP contribution in [-0.2, 0) is 11.2 Å². The fraction of sp³-hybridized carbons (Fsp3) is 0.500. The highest BCUT2D eigenvalue weighted by Crippen LogP contribution is 2.25. The Morgan fingerprint density at radius 1 is 1.40 bits per heavy atom. The average molecular weight is 297 g/mol. The summed E-state index contributed by atoms with van der Waals surface area (Å²) in [7, 11) is 0. The lowest BCUT2D eigenvalue weighted by Gasteiger charge is -2.19. The average Bonchev–Trinajstić information content (AvgIpc) is 2.85. The number of hydrogen-bond donors (Lipinski definition) is 4. The van der Waals surface area contributed by atoms with Gasteiger partial charge in [0.1, 0.15) is 0 Å². The Bertz CT molecular complexity index is 494. The molecule has 110 valence electrons. The van der Waals surface area contributed by atoms with Crippen LogP contribution in [0.25, 0.3) is 0 Å². The van der Waals surface area contributed by atoms with E-state index in [1.165, 1.54) is 11.3 Å². The number of amides is 1. The molecule has 0 spiro atoms. The van der Waals surface area contributed by atoms with Gasteiger partial charge in [0.05, 0.1) is 5.92 Å². The highest BCUT2D eigenvalue weighted by Gasteiger charge is 2.29. The topological polar surface area (TPSA) is 65.2 Å². The number of fused-ring (bicyclic) bond motifs is 1. The molecule has 2 atom stereocenters. The van der Waals surface area contributed by atoms with Gasteiger partial charge in [0, 0.05) is 30.5 Å². The summed E-state index contributed by atoms with van der Waals surface area (Å²) in [6.07, 6.45) is 2.23. The van der Waals surface area contributed by atoms with Gasteiger partial charge < -0.3 is 10.6 Å². The molecule has 6 heteroatoms. The Morgan fingerprint density at radius 3 is 3.00 bits per heavy atom. The monoisotopic (exact) mass is 296 g/mol. The van der Waals surface area contributed by atoms with Crippen LogP contribution in [0.4, 0.5) is 11.4 Å². The maximum Gasteiger partial charge on any atom is 0.230 e. The van der Waals surface area contributed by atoms with E-state index in [1.807, 2.05) is 13.0 Å². The van der Waals surface area contributed by atoms with Crippen molar-refractivity contribution in [1.29, 1.82) is 0 Å². The Hall–Kier alpha value is -1.30. The third kappa shape index (κ3) is 3.06. The van der Waals surface area contributed by atoms with E-state index >= 15 is 0 Å². The lowest BCUT2D eigenvalue weighted by atomic mass is 10.0. The minimum Gasteiger partial charge on any atom is -0.385 e. The number of halogens is 1. The molecule has 4 N–H and O–H groups in total. The smallest absolute Gasteiger partial charge is 0.230 e. The second-order valence-electron chi connectivity index (χ2n) is 5.31. The summed E-state index contributed by atoms with van der Waals surface area (Å²) in [5.74, 6) is 0.0582. The number of hydrogen-bond acceptors (Lipinski definition) is 4. The zero-order chi connectivity index (χ0) is 13.2. The number of rotatable bonds is 2. The van der Waals surface area contributed by atoms with Crippen molar-refractivity contribution in [2.45, 2.75) is 25.8 Å². The molecule has 0 aromatic heterocycles. The molecule has 3 rings (SSSR count). The van der Waals surface area contributed by atoms with E-state index in [0.717, 1.165) is 25.1 Å². The van der Waals surface area contributed by atoms with Crippen LogP contribution < -0.4 is 21.5 Å². The first-order valence-corrected chi connectivity index (χ1v) is 6.90. The number of nitrogens with one attached hydrogen (secondary N) is 4. The van der Waals surface area contributed by atoms with Crippen molar-refractivity contribution in [3.8, 4) is 0 Å². The fourth-order valence-corrected chi connectivity index (χ4v) is 2.71. The van der Waals surface area contributed by atoms with Crippen LogP contribution in [0.5, 0.6) is 0 Å². The summed E-state index contributed by atoms with van der Waals surface area (Å²) in [4.78, 5) is 12.2. The summed E-state index contributed by atoms with van der Waals surface area (Å²) < 4.78 is 0. The van der Waals surface area contributed by atoms with Gasteiger partial charge in [0.15, 0.2) is 0 Å². The van der Waals surface area contributed by atoms with E-state index in [-0.39, 0.29) is 30.3 Å². The Balaban J connectivity index is 0.00000147. The van der Waals surface area contributed by atoms with Crippen LogP contribution >= 0.6 is 12.4 Å². The molecule has 20 heavy (non-hydrogen) atoms. The van der Waals surface area contributed by atoms with Crippen LogP contribution in [0.2, 0.25) is 0 Å². The Labute approximate surface area is 125 Å². The van der Waals surface area contributed by atoms with E-state index in [4.69, 9.17) is 0 Å². The summed E-state index contributed by atoms with van der Waals surface area (Å²) in [5.41, 5.74) is 9.47. The van der Waals surface area contributed by atoms with Gasteiger partial charge in [-0.3, -0.25) is 15.6 Å². The maximum absolute atomic E-state index is 12.2. The quantitative estimate of drug-likeness (QED) is 0.668. The van der Waals surface area contributed by atoms with E-state index < -0.39 is 0 Å². The van der Waals surface area contributed by atoms with Crippen molar-refractivity contribution in [3.05, 3.63) is 23.8 Å². The van der Waals surface area contributed by atoms with E-state index in [0.29, 0.717) is 6.54 Å². The maximum atomic E-state index is 12.2. The molecule has 0 radical (unpaired) electrons. The van der Waals surface area contributed by atoms with Crippen LogP contribution in [0, 0.1) is 5.92 Å². The number of benzene rings is 1. The molecule has 2 unspecified atom stereocenters. The minimum atomic E-state index is -0.0193. The zero-order valence-electron chi connectivity index (χ0n) is 11.5. The molecule has 2 aliphatic rings. The molecule has 5 nitrogen and oxygen atoms in total. The Morgan fingerprint density at radius 2 is 2.25 bits per heavy atom. The third-order valence-corrected chi connectivity index (χ3v) is 3.90. The first-order valence-electron chi connectivity index (χ1n) is 6.90. The van der Waals surface area contributed by atoms with Gasteiger partial charge in [-0.15, -0.1) is 12.4 Å². The van der Waals surface area contributed by atoms with Gasteiger partial charge in [-0.05, 0) is 43.5 Å². The standard InChI is InChI=1S/C14H20N4O.ClH/c1-9-12(8-16-18-9)14(19)17-11-4-5-13-10(7-11)3-2-6-15-13;/h4-5,7,9,12,15-16,18H,2-3,6,8H2,1H3,(H,17,19);1H. The fourth-order valence-electron chi connectivity index (χ4n) is 2.71. The first kappa shape index (κ1) is 15.1. The molecule has 2 heterocycles. The van der Waals surface area contributed by atoms with Gasteiger partial charge in [0.25, 0.3) is 0 Å². The summed E-state index contributed by atoms with van der Waals surface area (Å²) in [6.45, 7) is 3.73. The van der Waals surface area contributed by atoms with Crippen molar-refractivity contribution in [2.24, 2.45) is 5.92 Å². The summed E-state index contributed by atoms with van der Waals surface area (Å²) >= 11 is 0.